The van der Waals surface area contributed by atoms with Gasteiger partial charge in [-0.05, 0) is 38.0 Å². The first-order valence-corrected chi connectivity index (χ1v) is 9.44. The zero-order valence-electron chi connectivity index (χ0n) is 14.1. The minimum absolute atomic E-state index is 0.0576. The van der Waals surface area contributed by atoms with Gasteiger partial charge in [0.25, 0.3) is 5.56 Å². The molecular formula is C17H22ClN3O2S. The molecule has 1 amide bonds. The molecule has 0 bridgehead atoms. The van der Waals surface area contributed by atoms with Gasteiger partial charge >= 0.3 is 0 Å². The predicted octanol–water partition coefficient (Wildman–Crippen LogP) is 3.47. The number of hydrogen-bond donors (Lipinski definition) is 1. The van der Waals surface area contributed by atoms with Gasteiger partial charge in [0, 0.05) is 17.6 Å². The van der Waals surface area contributed by atoms with E-state index in [-0.39, 0.29) is 23.3 Å². The van der Waals surface area contributed by atoms with Gasteiger partial charge in [-0.2, -0.15) is 0 Å². The monoisotopic (exact) mass is 367 g/mol. The highest BCUT2D eigenvalue weighted by Crippen LogP contribution is 2.20. The lowest BCUT2D eigenvalue weighted by Crippen LogP contribution is -2.33. The van der Waals surface area contributed by atoms with Crippen LogP contribution in [0.5, 0.6) is 0 Å². The summed E-state index contributed by atoms with van der Waals surface area (Å²) in [6.45, 7) is 6.56. The van der Waals surface area contributed by atoms with Gasteiger partial charge in [-0.1, -0.05) is 37.2 Å². The van der Waals surface area contributed by atoms with Crippen LogP contribution in [0.15, 0.2) is 28.2 Å². The third-order valence-electron chi connectivity index (χ3n) is 3.68. The Morgan fingerprint density at radius 2 is 2.17 bits per heavy atom. The maximum atomic E-state index is 12.7. The molecule has 24 heavy (non-hydrogen) atoms. The van der Waals surface area contributed by atoms with Gasteiger partial charge in [-0.25, -0.2) is 4.98 Å². The highest BCUT2D eigenvalue weighted by atomic mass is 35.5. The average Bonchev–Trinajstić information content (AvgIpc) is 2.55. The second-order valence-electron chi connectivity index (χ2n) is 5.68. The average molecular weight is 368 g/mol. The molecule has 0 saturated carbocycles. The van der Waals surface area contributed by atoms with E-state index >= 15 is 0 Å². The summed E-state index contributed by atoms with van der Waals surface area (Å²) in [6, 6.07) is 5.20. The number of rotatable bonds is 7. The van der Waals surface area contributed by atoms with Gasteiger partial charge in [0.1, 0.15) is 0 Å². The van der Waals surface area contributed by atoms with Crippen molar-refractivity contribution in [2.75, 3.05) is 5.75 Å². The number of carbonyl (C=O) groups is 1. The number of hydrogen-bond acceptors (Lipinski definition) is 4. The highest BCUT2D eigenvalue weighted by Gasteiger charge is 2.14. The van der Waals surface area contributed by atoms with Gasteiger partial charge in [0.2, 0.25) is 5.91 Å². The summed E-state index contributed by atoms with van der Waals surface area (Å²) in [7, 11) is 0. The molecule has 7 heteroatoms. The lowest BCUT2D eigenvalue weighted by Gasteiger charge is -2.14. The number of thioether (sulfide) groups is 1. The molecule has 0 aliphatic heterocycles. The van der Waals surface area contributed by atoms with Crippen molar-refractivity contribution >= 4 is 40.2 Å². The van der Waals surface area contributed by atoms with Crippen LogP contribution in [-0.4, -0.2) is 27.3 Å². The molecule has 0 unspecified atom stereocenters. The molecule has 0 aliphatic carbocycles. The number of carbonyl (C=O) groups excluding carboxylic acids is 1. The summed E-state index contributed by atoms with van der Waals surface area (Å²) < 4.78 is 1.64. The van der Waals surface area contributed by atoms with Crippen molar-refractivity contribution < 1.29 is 4.79 Å². The Balaban J connectivity index is 2.32. The normalized spacial score (nSPS) is 12.3. The maximum absolute atomic E-state index is 12.7. The van der Waals surface area contributed by atoms with E-state index in [9.17, 15) is 9.59 Å². The third-order valence-corrected chi connectivity index (χ3v) is 4.89. The summed E-state index contributed by atoms with van der Waals surface area (Å²) in [5.41, 5.74) is 0.466. The minimum atomic E-state index is -0.0941. The van der Waals surface area contributed by atoms with Crippen molar-refractivity contribution in [1.82, 2.24) is 14.9 Å². The zero-order valence-corrected chi connectivity index (χ0v) is 15.7. The van der Waals surface area contributed by atoms with Crippen LogP contribution in [-0.2, 0) is 11.3 Å². The highest BCUT2D eigenvalue weighted by molar-refractivity contribution is 7.99. The molecule has 5 nitrogen and oxygen atoms in total. The van der Waals surface area contributed by atoms with Crippen LogP contribution in [0.2, 0.25) is 5.02 Å². The second-order valence-corrected chi connectivity index (χ2v) is 7.06. The molecule has 2 aromatic rings. The topological polar surface area (TPSA) is 64.0 Å². The van der Waals surface area contributed by atoms with Crippen LogP contribution in [0, 0.1) is 0 Å². The molecule has 2 rings (SSSR count). The molecule has 0 fully saturated rings. The summed E-state index contributed by atoms with van der Waals surface area (Å²) in [6.07, 6.45) is 1.69. The summed E-state index contributed by atoms with van der Waals surface area (Å²) in [5.74, 6) is 0.171. The van der Waals surface area contributed by atoms with E-state index in [1.807, 2.05) is 20.8 Å². The SMILES string of the molecule is CCCn1c(SCC(=O)N[C@H](C)CC)nc2cc(Cl)ccc2c1=O. The molecule has 0 spiro atoms. The van der Waals surface area contributed by atoms with E-state index in [0.29, 0.717) is 27.6 Å². The number of fused-ring (bicyclic) bond motifs is 1. The molecule has 1 aromatic heterocycles. The lowest BCUT2D eigenvalue weighted by atomic mass is 10.2. The Morgan fingerprint density at radius 1 is 1.42 bits per heavy atom. The molecule has 1 N–H and O–H groups in total. The predicted molar refractivity (Wildman–Crippen MR) is 99.9 cm³/mol. The lowest BCUT2D eigenvalue weighted by molar-refractivity contribution is -0.119. The van der Waals surface area contributed by atoms with Crippen molar-refractivity contribution in [3.8, 4) is 0 Å². The number of nitrogens with zero attached hydrogens (tertiary/aromatic N) is 2. The van der Waals surface area contributed by atoms with Gasteiger partial charge in [0.15, 0.2) is 5.16 Å². The number of halogens is 1. The number of nitrogens with one attached hydrogen (secondary N) is 1. The van der Waals surface area contributed by atoms with Crippen LogP contribution >= 0.6 is 23.4 Å². The van der Waals surface area contributed by atoms with E-state index in [0.717, 1.165) is 12.8 Å². The van der Waals surface area contributed by atoms with Crippen molar-refractivity contribution in [1.29, 1.82) is 0 Å². The first-order valence-electron chi connectivity index (χ1n) is 8.08. The zero-order chi connectivity index (χ0) is 17.7. The standard InChI is InChI=1S/C17H22ClN3O2S/c1-4-8-21-16(23)13-7-6-12(18)9-14(13)20-17(21)24-10-15(22)19-11(3)5-2/h6-7,9,11H,4-5,8,10H2,1-3H3,(H,19,22)/t11-/m1/s1. The Morgan fingerprint density at radius 3 is 2.83 bits per heavy atom. The Hall–Kier alpha value is -1.53. The fourth-order valence-electron chi connectivity index (χ4n) is 2.25. The smallest absolute Gasteiger partial charge is 0.262 e. The quantitative estimate of drug-likeness (QED) is 0.601. The van der Waals surface area contributed by atoms with Crippen LogP contribution in [0.25, 0.3) is 10.9 Å². The van der Waals surface area contributed by atoms with E-state index in [1.165, 1.54) is 11.8 Å². The fraction of sp³-hybridized carbons (Fsp3) is 0.471. The largest absolute Gasteiger partial charge is 0.353 e. The first kappa shape index (κ1) is 18.8. The van der Waals surface area contributed by atoms with Crippen molar-refractivity contribution in [3.05, 3.63) is 33.6 Å². The van der Waals surface area contributed by atoms with E-state index in [1.54, 1.807) is 22.8 Å². The van der Waals surface area contributed by atoms with Gasteiger partial charge in [-0.3, -0.25) is 14.2 Å². The molecule has 1 heterocycles. The van der Waals surface area contributed by atoms with Gasteiger partial charge in [-0.15, -0.1) is 0 Å². The van der Waals surface area contributed by atoms with Crippen LogP contribution < -0.4 is 10.9 Å². The number of aromatic nitrogens is 2. The van der Waals surface area contributed by atoms with E-state index in [4.69, 9.17) is 11.6 Å². The molecular weight excluding hydrogens is 346 g/mol. The van der Waals surface area contributed by atoms with Crippen molar-refractivity contribution in [2.24, 2.45) is 0 Å². The number of amides is 1. The Labute approximate surface area is 150 Å². The van der Waals surface area contributed by atoms with Crippen LogP contribution in [0.4, 0.5) is 0 Å². The molecule has 130 valence electrons. The molecule has 0 saturated heterocycles. The van der Waals surface area contributed by atoms with Gasteiger partial charge in [0.05, 0.1) is 16.7 Å². The molecule has 0 aliphatic rings. The summed E-state index contributed by atoms with van der Waals surface area (Å²) >= 11 is 7.28. The Bertz CT molecular complexity index is 791. The Kier molecular flexibility index (Phi) is 6.69. The molecule has 1 aromatic carbocycles. The summed E-state index contributed by atoms with van der Waals surface area (Å²) in [4.78, 5) is 29.2. The number of benzene rings is 1. The molecule has 1 atom stereocenters. The van der Waals surface area contributed by atoms with Gasteiger partial charge < -0.3 is 5.32 Å². The van der Waals surface area contributed by atoms with Crippen molar-refractivity contribution in [3.63, 3.8) is 0 Å². The van der Waals surface area contributed by atoms with E-state index in [2.05, 4.69) is 10.3 Å². The third kappa shape index (κ3) is 4.51. The van der Waals surface area contributed by atoms with Crippen LogP contribution in [0.3, 0.4) is 0 Å². The van der Waals surface area contributed by atoms with Crippen LogP contribution in [0.1, 0.15) is 33.6 Å². The second kappa shape index (κ2) is 8.53. The molecule has 0 radical (unpaired) electrons. The fourth-order valence-corrected chi connectivity index (χ4v) is 3.26. The maximum Gasteiger partial charge on any atom is 0.262 e. The minimum Gasteiger partial charge on any atom is -0.353 e. The first-order chi connectivity index (χ1) is 11.5. The van der Waals surface area contributed by atoms with E-state index < -0.39 is 0 Å². The summed E-state index contributed by atoms with van der Waals surface area (Å²) in [5, 5.41) is 4.55. The van der Waals surface area contributed by atoms with Crippen molar-refractivity contribution in [2.45, 2.75) is 51.4 Å².